The molecule has 2 N–H and O–H groups in total. The maximum Gasteiger partial charge on any atom is 0.190 e. The Morgan fingerprint density at radius 1 is 1.29 bits per heavy atom. The first-order valence-electron chi connectivity index (χ1n) is 6.87. The molecule has 0 amide bonds. The van der Waals surface area contributed by atoms with E-state index in [2.05, 4.69) is 27.5 Å². The first-order chi connectivity index (χ1) is 9.81. The van der Waals surface area contributed by atoms with Crippen LogP contribution < -0.4 is 10.6 Å². The van der Waals surface area contributed by atoms with Gasteiger partial charge in [0, 0.05) is 37.7 Å². The fraction of sp³-hybridized carbons (Fsp3) is 0.692. The van der Waals surface area contributed by atoms with Crippen molar-refractivity contribution >= 4 is 27.1 Å². The van der Waals surface area contributed by atoms with E-state index in [-0.39, 0.29) is 5.75 Å². The van der Waals surface area contributed by atoms with Crippen molar-refractivity contribution in [2.45, 2.75) is 26.7 Å². The van der Waals surface area contributed by atoms with Crippen LogP contribution in [0.2, 0.25) is 0 Å². The summed E-state index contributed by atoms with van der Waals surface area (Å²) in [5.41, 5.74) is 1.10. The normalized spacial score (nSPS) is 12.5. The zero-order chi connectivity index (χ0) is 15.9. The van der Waals surface area contributed by atoms with Crippen molar-refractivity contribution < 1.29 is 8.42 Å². The molecule has 0 aromatic carbocycles. The number of nitrogens with zero attached hydrogens (tertiary/aromatic N) is 2. The van der Waals surface area contributed by atoms with Crippen molar-refractivity contribution in [3.63, 3.8) is 0 Å². The van der Waals surface area contributed by atoms with E-state index in [4.69, 9.17) is 0 Å². The van der Waals surface area contributed by atoms with E-state index in [1.54, 1.807) is 18.4 Å². The Morgan fingerprint density at radius 3 is 2.48 bits per heavy atom. The van der Waals surface area contributed by atoms with Gasteiger partial charge in [-0.25, -0.2) is 13.4 Å². The van der Waals surface area contributed by atoms with Gasteiger partial charge in [-0.3, -0.25) is 4.99 Å². The summed E-state index contributed by atoms with van der Waals surface area (Å²) in [5, 5.41) is 7.42. The van der Waals surface area contributed by atoms with Crippen LogP contribution in [-0.4, -0.2) is 51.5 Å². The van der Waals surface area contributed by atoms with Gasteiger partial charge in [0.1, 0.15) is 9.84 Å². The third-order valence-electron chi connectivity index (χ3n) is 2.91. The number of thiazole rings is 1. The predicted molar refractivity (Wildman–Crippen MR) is 89.0 cm³/mol. The number of hydrogen-bond acceptors (Lipinski definition) is 5. The molecule has 0 radical (unpaired) electrons. The number of guanidine groups is 1. The van der Waals surface area contributed by atoms with Gasteiger partial charge in [0.25, 0.3) is 0 Å². The van der Waals surface area contributed by atoms with Gasteiger partial charge in [-0.05, 0) is 20.3 Å². The highest BCUT2D eigenvalue weighted by atomic mass is 32.2. The predicted octanol–water partition coefficient (Wildman–Crippen LogP) is 0.902. The van der Waals surface area contributed by atoms with Crippen LogP contribution in [0.3, 0.4) is 0 Å². The van der Waals surface area contributed by atoms with Crippen LogP contribution in [0.15, 0.2) is 4.99 Å². The summed E-state index contributed by atoms with van der Waals surface area (Å²) in [7, 11) is -1.19. The van der Waals surface area contributed by atoms with Crippen LogP contribution in [0.5, 0.6) is 0 Å². The molecule has 1 heterocycles. The molecule has 1 aromatic rings. The lowest BCUT2D eigenvalue weighted by molar-refractivity contribution is 0.598. The van der Waals surface area contributed by atoms with Gasteiger partial charge in [0.05, 0.1) is 16.5 Å². The lowest BCUT2D eigenvalue weighted by Crippen LogP contribution is -2.39. The molecule has 1 rings (SSSR count). The molecule has 120 valence electrons. The molecule has 0 bridgehead atoms. The van der Waals surface area contributed by atoms with Gasteiger partial charge < -0.3 is 10.6 Å². The molecule has 0 saturated heterocycles. The Labute approximate surface area is 131 Å². The maximum absolute atomic E-state index is 11.0. The number of hydrogen-bond donors (Lipinski definition) is 2. The van der Waals surface area contributed by atoms with E-state index in [0.717, 1.165) is 23.7 Å². The van der Waals surface area contributed by atoms with Crippen LogP contribution in [0.25, 0.3) is 0 Å². The van der Waals surface area contributed by atoms with E-state index in [1.165, 1.54) is 11.1 Å². The first-order valence-corrected chi connectivity index (χ1v) is 9.74. The number of nitrogens with one attached hydrogen (secondary N) is 2. The van der Waals surface area contributed by atoms with Crippen molar-refractivity contribution in [1.82, 2.24) is 15.6 Å². The average molecular weight is 332 g/mol. The summed E-state index contributed by atoms with van der Waals surface area (Å²) in [6, 6.07) is 0. The zero-order valence-corrected chi connectivity index (χ0v) is 14.7. The molecule has 0 aliphatic rings. The third kappa shape index (κ3) is 7.42. The minimum absolute atomic E-state index is 0.189. The highest BCUT2D eigenvalue weighted by Crippen LogP contribution is 2.16. The topological polar surface area (TPSA) is 83.5 Å². The lowest BCUT2D eigenvalue weighted by atomic mass is 10.4. The van der Waals surface area contributed by atoms with Crippen molar-refractivity contribution in [3.8, 4) is 0 Å². The summed E-state index contributed by atoms with van der Waals surface area (Å²) in [5.74, 6) is 0.878. The van der Waals surface area contributed by atoms with E-state index >= 15 is 0 Å². The molecular weight excluding hydrogens is 308 g/mol. The van der Waals surface area contributed by atoms with Gasteiger partial charge in [0.15, 0.2) is 5.96 Å². The Hall–Kier alpha value is -1.15. The monoisotopic (exact) mass is 332 g/mol. The highest BCUT2D eigenvalue weighted by molar-refractivity contribution is 7.90. The molecule has 0 spiro atoms. The Bertz CT molecular complexity index is 559. The second kappa shape index (κ2) is 8.33. The van der Waals surface area contributed by atoms with Crippen molar-refractivity contribution in [2.75, 3.05) is 32.1 Å². The van der Waals surface area contributed by atoms with Crippen LogP contribution in [0.4, 0.5) is 0 Å². The van der Waals surface area contributed by atoms with Crippen LogP contribution in [-0.2, 0) is 16.3 Å². The number of sulfone groups is 1. The zero-order valence-electron chi connectivity index (χ0n) is 13.1. The van der Waals surface area contributed by atoms with Gasteiger partial charge >= 0.3 is 0 Å². The molecule has 0 atom stereocenters. The van der Waals surface area contributed by atoms with Crippen LogP contribution in [0.1, 0.15) is 22.0 Å². The summed E-state index contributed by atoms with van der Waals surface area (Å²) in [4.78, 5) is 9.85. The van der Waals surface area contributed by atoms with Crippen LogP contribution in [0, 0.1) is 13.8 Å². The van der Waals surface area contributed by atoms with Gasteiger partial charge in [0.2, 0.25) is 0 Å². The highest BCUT2D eigenvalue weighted by Gasteiger charge is 2.05. The molecule has 0 aliphatic heterocycles. The largest absolute Gasteiger partial charge is 0.356 e. The summed E-state index contributed by atoms with van der Waals surface area (Å²) in [6.45, 7) is 5.43. The van der Waals surface area contributed by atoms with Gasteiger partial charge in [-0.15, -0.1) is 11.3 Å². The lowest BCUT2D eigenvalue weighted by Gasteiger charge is -2.10. The number of aliphatic imine (C=N–C) groups is 1. The summed E-state index contributed by atoms with van der Waals surface area (Å²) in [6.07, 6.45) is 2.67. The number of aryl methyl sites for hydroxylation is 2. The van der Waals surface area contributed by atoms with Crippen LogP contribution >= 0.6 is 11.3 Å². The quantitative estimate of drug-likeness (QED) is 0.440. The number of aromatic nitrogens is 1. The summed E-state index contributed by atoms with van der Waals surface area (Å²) >= 11 is 1.72. The minimum atomic E-state index is -2.89. The van der Waals surface area contributed by atoms with Gasteiger partial charge in [-0.1, -0.05) is 0 Å². The molecule has 0 unspecified atom stereocenters. The second-order valence-corrected chi connectivity index (χ2v) is 8.46. The molecule has 0 aliphatic carbocycles. The maximum atomic E-state index is 11.0. The van der Waals surface area contributed by atoms with Crippen molar-refractivity contribution in [2.24, 2.45) is 4.99 Å². The number of rotatable bonds is 7. The third-order valence-corrected chi connectivity index (χ3v) is 5.07. The van der Waals surface area contributed by atoms with E-state index in [9.17, 15) is 8.42 Å². The Kier molecular flexibility index (Phi) is 7.10. The van der Waals surface area contributed by atoms with E-state index < -0.39 is 9.84 Å². The summed E-state index contributed by atoms with van der Waals surface area (Å²) < 4.78 is 22.0. The average Bonchev–Trinajstić information content (AvgIpc) is 2.70. The standard InChI is InChI=1S/C13H24N4O2S2/c1-10-11(2)20-12(17-10)6-8-16-13(14-3)15-7-5-9-21(4,18)19/h5-9H2,1-4H3,(H2,14,15,16). The molecule has 1 aromatic heterocycles. The first kappa shape index (κ1) is 17.9. The molecule has 21 heavy (non-hydrogen) atoms. The van der Waals surface area contributed by atoms with Crippen molar-refractivity contribution in [1.29, 1.82) is 0 Å². The molecule has 0 fully saturated rings. The second-order valence-electron chi connectivity index (χ2n) is 4.91. The smallest absolute Gasteiger partial charge is 0.190 e. The van der Waals surface area contributed by atoms with Gasteiger partial charge in [-0.2, -0.15) is 0 Å². The Balaban J connectivity index is 2.25. The SMILES string of the molecule is CN=C(NCCCS(C)(=O)=O)NCCc1nc(C)c(C)s1. The molecule has 6 nitrogen and oxygen atoms in total. The molecule has 0 saturated carbocycles. The molecule has 8 heteroatoms. The van der Waals surface area contributed by atoms with Crippen molar-refractivity contribution in [3.05, 3.63) is 15.6 Å². The Morgan fingerprint density at radius 2 is 1.95 bits per heavy atom. The fourth-order valence-corrected chi connectivity index (χ4v) is 3.30. The molecular formula is C13H24N4O2S2. The minimum Gasteiger partial charge on any atom is -0.356 e. The van der Waals surface area contributed by atoms with E-state index in [1.807, 2.05) is 6.92 Å². The van der Waals surface area contributed by atoms with E-state index in [0.29, 0.717) is 18.9 Å². The fourth-order valence-electron chi connectivity index (χ4n) is 1.70.